The highest BCUT2D eigenvalue weighted by atomic mass is 16.2. The highest BCUT2D eigenvalue weighted by Gasteiger charge is 2.34. The third kappa shape index (κ3) is 1.92. The SMILES string of the molecule is C/C=C1/C(=O)N(C)C(=O)/C1=C/C.CC. The monoisotopic (exact) mass is 195 g/mol. The van der Waals surface area contributed by atoms with E-state index in [9.17, 15) is 9.59 Å². The molecule has 0 aromatic rings. The number of carbonyl (C=O) groups is 2. The number of allylic oxidation sites excluding steroid dienone is 2. The molecule has 1 fully saturated rings. The standard InChI is InChI=1S/C9H11NO2.C2H6/c1-4-6-7(5-2)9(12)10(3)8(6)11;1-2/h4-5H,1-3H3;1-2H3/b6-4+,7-5+;. The van der Waals surface area contributed by atoms with Gasteiger partial charge in [-0.2, -0.15) is 0 Å². The van der Waals surface area contributed by atoms with Gasteiger partial charge in [-0.25, -0.2) is 0 Å². The van der Waals surface area contributed by atoms with Crippen molar-refractivity contribution in [3.63, 3.8) is 0 Å². The van der Waals surface area contributed by atoms with Crippen molar-refractivity contribution in [2.45, 2.75) is 27.7 Å². The van der Waals surface area contributed by atoms with Crippen LogP contribution in [0.15, 0.2) is 23.3 Å². The maximum Gasteiger partial charge on any atom is 0.260 e. The van der Waals surface area contributed by atoms with Crippen molar-refractivity contribution in [2.24, 2.45) is 0 Å². The van der Waals surface area contributed by atoms with Crippen LogP contribution in [-0.4, -0.2) is 23.8 Å². The van der Waals surface area contributed by atoms with Crippen molar-refractivity contribution in [3.8, 4) is 0 Å². The molecular formula is C11H17NO2. The summed E-state index contributed by atoms with van der Waals surface area (Å²) in [7, 11) is 1.49. The van der Waals surface area contributed by atoms with Gasteiger partial charge in [0, 0.05) is 18.2 Å². The molecule has 78 valence electrons. The minimum atomic E-state index is -0.212. The second-order valence-corrected chi connectivity index (χ2v) is 2.57. The number of imide groups is 1. The summed E-state index contributed by atoms with van der Waals surface area (Å²) < 4.78 is 0. The van der Waals surface area contributed by atoms with Crippen molar-refractivity contribution >= 4 is 11.8 Å². The highest BCUT2D eigenvalue weighted by Crippen LogP contribution is 2.22. The Labute approximate surface area is 85.1 Å². The summed E-state index contributed by atoms with van der Waals surface area (Å²) in [5.74, 6) is -0.425. The average molecular weight is 195 g/mol. The number of rotatable bonds is 0. The zero-order valence-electron chi connectivity index (χ0n) is 9.42. The molecule has 3 heteroatoms. The minimum absolute atomic E-state index is 0.212. The largest absolute Gasteiger partial charge is 0.277 e. The van der Waals surface area contributed by atoms with Crippen LogP contribution in [0.3, 0.4) is 0 Å². The number of likely N-dealkylation sites (tertiary alicyclic amines) is 1. The van der Waals surface area contributed by atoms with Gasteiger partial charge in [0.25, 0.3) is 11.8 Å². The fourth-order valence-corrected chi connectivity index (χ4v) is 1.24. The van der Waals surface area contributed by atoms with Gasteiger partial charge >= 0.3 is 0 Å². The van der Waals surface area contributed by atoms with Gasteiger partial charge in [-0.15, -0.1) is 0 Å². The molecule has 0 aliphatic carbocycles. The van der Waals surface area contributed by atoms with Crippen molar-refractivity contribution < 1.29 is 9.59 Å². The first kappa shape index (κ1) is 12.6. The van der Waals surface area contributed by atoms with Crippen LogP contribution in [0.1, 0.15) is 27.7 Å². The molecule has 1 saturated heterocycles. The Bertz CT molecular complexity index is 270. The van der Waals surface area contributed by atoms with Gasteiger partial charge in [0.1, 0.15) is 0 Å². The quantitative estimate of drug-likeness (QED) is 0.437. The lowest BCUT2D eigenvalue weighted by molar-refractivity contribution is -0.134. The average Bonchev–Trinajstić information content (AvgIpc) is 2.44. The summed E-state index contributed by atoms with van der Waals surface area (Å²) in [6.07, 6.45) is 3.33. The summed E-state index contributed by atoms with van der Waals surface area (Å²) in [6, 6.07) is 0. The second kappa shape index (κ2) is 5.37. The van der Waals surface area contributed by atoms with Crippen LogP contribution in [0.25, 0.3) is 0 Å². The molecule has 0 unspecified atom stereocenters. The predicted octanol–water partition coefficient (Wildman–Crippen LogP) is 1.90. The first-order chi connectivity index (χ1) is 6.63. The third-order valence-corrected chi connectivity index (χ3v) is 1.94. The Morgan fingerprint density at radius 3 is 1.43 bits per heavy atom. The van der Waals surface area contributed by atoms with Gasteiger partial charge in [0.2, 0.25) is 0 Å². The number of amides is 2. The maximum atomic E-state index is 11.3. The Morgan fingerprint density at radius 2 is 1.21 bits per heavy atom. The topological polar surface area (TPSA) is 37.4 Å². The lowest BCUT2D eigenvalue weighted by Crippen LogP contribution is -2.24. The van der Waals surface area contributed by atoms with Crippen LogP contribution in [0.5, 0.6) is 0 Å². The predicted molar refractivity (Wildman–Crippen MR) is 56.6 cm³/mol. The van der Waals surface area contributed by atoms with E-state index in [4.69, 9.17) is 0 Å². The number of likely N-dealkylation sites (N-methyl/N-ethyl adjacent to an activating group) is 1. The lowest BCUT2D eigenvalue weighted by atomic mass is 10.1. The van der Waals surface area contributed by atoms with Crippen molar-refractivity contribution in [1.82, 2.24) is 4.90 Å². The smallest absolute Gasteiger partial charge is 0.260 e. The van der Waals surface area contributed by atoms with E-state index in [2.05, 4.69) is 0 Å². The molecule has 0 radical (unpaired) electrons. The molecule has 1 heterocycles. The number of hydrogen-bond acceptors (Lipinski definition) is 2. The fraction of sp³-hybridized carbons (Fsp3) is 0.455. The van der Waals surface area contributed by atoms with Crippen molar-refractivity contribution in [1.29, 1.82) is 0 Å². The first-order valence-corrected chi connectivity index (χ1v) is 4.78. The molecule has 0 aromatic carbocycles. The molecule has 0 saturated carbocycles. The van der Waals surface area contributed by atoms with Crippen LogP contribution < -0.4 is 0 Å². The van der Waals surface area contributed by atoms with Crippen molar-refractivity contribution in [2.75, 3.05) is 7.05 Å². The number of carbonyl (C=O) groups excluding carboxylic acids is 2. The van der Waals surface area contributed by atoms with E-state index in [1.165, 1.54) is 7.05 Å². The molecule has 0 bridgehead atoms. The molecule has 1 aliphatic heterocycles. The Balaban J connectivity index is 0.000000791. The van der Waals surface area contributed by atoms with Gasteiger partial charge < -0.3 is 0 Å². The van der Waals surface area contributed by atoms with E-state index in [1.54, 1.807) is 26.0 Å². The molecule has 2 amide bonds. The molecule has 0 aromatic heterocycles. The van der Waals surface area contributed by atoms with Crippen LogP contribution in [0, 0.1) is 0 Å². The van der Waals surface area contributed by atoms with Gasteiger partial charge in [-0.05, 0) is 13.8 Å². The van der Waals surface area contributed by atoms with E-state index < -0.39 is 0 Å². The Morgan fingerprint density at radius 1 is 0.929 bits per heavy atom. The van der Waals surface area contributed by atoms with E-state index in [0.29, 0.717) is 11.1 Å². The van der Waals surface area contributed by atoms with Crippen LogP contribution in [-0.2, 0) is 9.59 Å². The van der Waals surface area contributed by atoms with Crippen LogP contribution >= 0.6 is 0 Å². The zero-order chi connectivity index (χ0) is 11.3. The maximum absolute atomic E-state index is 11.3. The van der Waals surface area contributed by atoms with Crippen LogP contribution in [0.4, 0.5) is 0 Å². The summed E-state index contributed by atoms with van der Waals surface area (Å²) in [6.45, 7) is 7.51. The number of hydrogen-bond donors (Lipinski definition) is 0. The molecule has 1 rings (SSSR count). The minimum Gasteiger partial charge on any atom is -0.277 e. The van der Waals surface area contributed by atoms with Crippen LogP contribution in [0.2, 0.25) is 0 Å². The van der Waals surface area contributed by atoms with Crippen molar-refractivity contribution in [3.05, 3.63) is 23.3 Å². The molecular weight excluding hydrogens is 178 g/mol. The Kier molecular flexibility index (Phi) is 4.84. The highest BCUT2D eigenvalue weighted by molar-refractivity contribution is 6.24. The normalized spacial score (nSPS) is 21.6. The summed E-state index contributed by atoms with van der Waals surface area (Å²) in [4.78, 5) is 23.8. The van der Waals surface area contributed by atoms with E-state index >= 15 is 0 Å². The molecule has 0 N–H and O–H groups in total. The fourth-order valence-electron chi connectivity index (χ4n) is 1.24. The molecule has 1 aliphatic rings. The third-order valence-electron chi connectivity index (χ3n) is 1.94. The van der Waals surface area contributed by atoms with Gasteiger partial charge in [-0.1, -0.05) is 26.0 Å². The van der Waals surface area contributed by atoms with E-state index in [-0.39, 0.29) is 11.8 Å². The molecule has 0 atom stereocenters. The molecule has 14 heavy (non-hydrogen) atoms. The summed E-state index contributed by atoms with van der Waals surface area (Å²) >= 11 is 0. The zero-order valence-corrected chi connectivity index (χ0v) is 9.42. The van der Waals surface area contributed by atoms with E-state index in [1.807, 2.05) is 13.8 Å². The molecule has 3 nitrogen and oxygen atoms in total. The number of nitrogens with zero attached hydrogens (tertiary/aromatic N) is 1. The van der Waals surface area contributed by atoms with Gasteiger partial charge in [0.15, 0.2) is 0 Å². The van der Waals surface area contributed by atoms with E-state index in [0.717, 1.165) is 4.90 Å². The second-order valence-electron chi connectivity index (χ2n) is 2.57. The summed E-state index contributed by atoms with van der Waals surface area (Å²) in [5.41, 5.74) is 1.01. The Hall–Kier alpha value is -1.38. The van der Waals surface area contributed by atoms with Gasteiger partial charge in [0.05, 0.1) is 0 Å². The first-order valence-electron chi connectivity index (χ1n) is 4.78. The van der Waals surface area contributed by atoms with Gasteiger partial charge in [-0.3, -0.25) is 14.5 Å². The lowest BCUT2D eigenvalue weighted by Gasteiger charge is -2.01. The molecule has 0 spiro atoms. The summed E-state index contributed by atoms with van der Waals surface area (Å²) in [5, 5.41) is 0.